The Morgan fingerprint density at radius 1 is 0.944 bits per heavy atom. The van der Waals surface area contributed by atoms with Crippen LogP contribution >= 0.6 is 15.9 Å². The molecule has 0 N–H and O–H groups in total. The van der Waals surface area contributed by atoms with Crippen molar-refractivity contribution in [3.63, 3.8) is 0 Å². The highest BCUT2D eigenvalue weighted by atomic mass is 79.9. The van der Waals surface area contributed by atoms with E-state index in [1.165, 1.54) is 22.3 Å². The van der Waals surface area contributed by atoms with Gasteiger partial charge in [-0.3, -0.25) is 0 Å². The second-order valence-electron chi connectivity index (χ2n) is 5.41. The van der Waals surface area contributed by atoms with Gasteiger partial charge in [0.25, 0.3) is 0 Å². The zero-order valence-electron chi connectivity index (χ0n) is 10.8. The van der Waals surface area contributed by atoms with Gasteiger partial charge in [-0.05, 0) is 28.7 Å². The lowest BCUT2D eigenvalue weighted by atomic mass is 9.77. The molecule has 0 saturated heterocycles. The molecule has 3 rings (SSSR count). The van der Waals surface area contributed by atoms with Crippen LogP contribution in [-0.4, -0.2) is 4.83 Å². The third-order valence-corrected chi connectivity index (χ3v) is 4.35. The molecule has 92 valence electrons. The average Bonchev–Trinajstić information content (AvgIpc) is 2.61. The van der Waals surface area contributed by atoms with Crippen LogP contribution in [0.1, 0.15) is 31.4 Å². The summed E-state index contributed by atoms with van der Waals surface area (Å²) in [7, 11) is 0. The maximum absolute atomic E-state index is 3.72. The minimum absolute atomic E-state index is 0.135. The molecule has 1 aliphatic carbocycles. The first kappa shape index (κ1) is 12.0. The number of halogens is 1. The van der Waals surface area contributed by atoms with Crippen LogP contribution in [0, 0.1) is 0 Å². The fraction of sp³-hybridized carbons (Fsp3) is 0.294. The minimum atomic E-state index is 0.135. The number of benzene rings is 2. The Labute approximate surface area is 117 Å². The highest BCUT2D eigenvalue weighted by Crippen LogP contribution is 2.51. The van der Waals surface area contributed by atoms with Crippen LogP contribution in [0.15, 0.2) is 48.5 Å². The summed E-state index contributed by atoms with van der Waals surface area (Å²) in [6, 6.07) is 17.6. The second kappa shape index (κ2) is 4.24. The second-order valence-corrected chi connectivity index (χ2v) is 6.97. The first-order chi connectivity index (χ1) is 8.63. The Morgan fingerprint density at radius 2 is 1.39 bits per heavy atom. The molecule has 0 saturated carbocycles. The molecule has 0 nitrogen and oxygen atoms in total. The summed E-state index contributed by atoms with van der Waals surface area (Å²) in [5.41, 5.74) is 5.89. The normalized spacial score (nSPS) is 17.1. The Bertz CT molecular complexity index is 538. The van der Waals surface area contributed by atoms with Crippen molar-refractivity contribution in [2.45, 2.75) is 30.5 Å². The molecular weight excluding hydrogens is 284 g/mol. The van der Waals surface area contributed by atoms with E-state index >= 15 is 0 Å². The van der Waals surface area contributed by atoms with Crippen molar-refractivity contribution in [1.82, 2.24) is 0 Å². The predicted molar refractivity (Wildman–Crippen MR) is 81.3 cm³/mol. The summed E-state index contributed by atoms with van der Waals surface area (Å²) >= 11 is 3.72. The maximum Gasteiger partial charge on any atom is 0.0197 e. The lowest BCUT2D eigenvalue weighted by molar-refractivity contribution is 0.535. The van der Waals surface area contributed by atoms with Gasteiger partial charge in [-0.25, -0.2) is 0 Å². The van der Waals surface area contributed by atoms with Gasteiger partial charge in [0.1, 0.15) is 0 Å². The zero-order chi connectivity index (χ0) is 12.8. The van der Waals surface area contributed by atoms with E-state index in [4.69, 9.17) is 0 Å². The Hall–Kier alpha value is -1.08. The predicted octanol–water partition coefficient (Wildman–Crippen LogP) is 5.15. The van der Waals surface area contributed by atoms with Gasteiger partial charge >= 0.3 is 0 Å². The summed E-state index contributed by atoms with van der Waals surface area (Å²) < 4.78 is 0. The van der Waals surface area contributed by atoms with Gasteiger partial charge in [0, 0.05) is 10.2 Å². The first-order valence-corrected chi connectivity index (χ1v) is 7.38. The molecule has 0 aliphatic heterocycles. The van der Waals surface area contributed by atoms with Gasteiger partial charge in [0.15, 0.2) is 0 Å². The summed E-state index contributed by atoms with van der Waals surface area (Å²) in [6.45, 7) is 4.60. The molecule has 1 heteroatoms. The van der Waals surface area contributed by atoms with Crippen molar-refractivity contribution in [2.75, 3.05) is 0 Å². The molecule has 1 atom stereocenters. The summed E-state index contributed by atoms with van der Waals surface area (Å²) in [5, 5.41) is 0. The van der Waals surface area contributed by atoms with Crippen molar-refractivity contribution in [3.8, 4) is 11.1 Å². The fourth-order valence-electron chi connectivity index (χ4n) is 3.33. The Balaban J connectivity index is 2.27. The number of hydrogen-bond donors (Lipinski definition) is 0. The molecule has 18 heavy (non-hydrogen) atoms. The molecule has 0 bridgehead atoms. The van der Waals surface area contributed by atoms with Gasteiger partial charge in [-0.15, -0.1) is 0 Å². The molecule has 0 amide bonds. The van der Waals surface area contributed by atoms with Gasteiger partial charge < -0.3 is 0 Å². The molecule has 0 heterocycles. The third kappa shape index (κ3) is 1.65. The Kier molecular flexibility index (Phi) is 2.82. The lowest BCUT2D eigenvalue weighted by Gasteiger charge is -2.28. The van der Waals surface area contributed by atoms with Crippen LogP contribution < -0.4 is 0 Å². The van der Waals surface area contributed by atoms with Gasteiger partial charge in [-0.2, -0.15) is 0 Å². The van der Waals surface area contributed by atoms with Crippen LogP contribution in [0.25, 0.3) is 11.1 Å². The summed E-state index contributed by atoms with van der Waals surface area (Å²) in [6.07, 6.45) is 1.13. The van der Waals surface area contributed by atoms with Crippen LogP contribution in [0.2, 0.25) is 0 Å². The smallest absolute Gasteiger partial charge is 0.0197 e. The van der Waals surface area contributed by atoms with Crippen molar-refractivity contribution in [2.24, 2.45) is 0 Å². The molecule has 0 fully saturated rings. The molecule has 2 aromatic carbocycles. The van der Waals surface area contributed by atoms with Crippen molar-refractivity contribution >= 4 is 15.9 Å². The van der Waals surface area contributed by atoms with E-state index in [0.717, 1.165) is 6.42 Å². The first-order valence-electron chi connectivity index (χ1n) is 6.46. The molecule has 0 spiro atoms. The van der Waals surface area contributed by atoms with E-state index in [1.54, 1.807) is 0 Å². The monoisotopic (exact) mass is 300 g/mol. The third-order valence-electron chi connectivity index (χ3n) is 4.02. The topological polar surface area (TPSA) is 0 Å². The largest absolute Gasteiger partial charge is 0.0893 e. The molecular formula is C17H17Br. The van der Waals surface area contributed by atoms with E-state index in [1.807, 2.05) is 0 Å². The standard InChI is InChI=1S/C17H17Br/c1-12(18)11-17(2)15-9-5-3-7-13(15)14-8-4-6-10-16(14)17/h3-10,12H,11H2,1-2H3/t12-/m0/s1. The van der Waals surface area contributed by atoms with Crippen LogP contribution in [0.3, 0.4) is 0 Å². The highest BCUT2D eigenvalue weighted by molar-refractivity contribution is 9.09. The molecule has 0 unspecified atom stereocenters. The van der Waals surface area contributed by atoms with Gasteiger partial charge in [0.2, 0.25) is 0 Å². The molecule has 2 aromatic rings. The maximum atomic E-state index is 3.72. The SMILES string of the molecule is C[C@H](Br)CC1(C)c2ccccc2-c2ccccc21. The Morgan fingerprint density at radius 3 is 1.83 bits per heavy atom. The van der Waals surface area contributed by atoms with Crippen molar-refractivity contribution < 1.29 is 0 Å². The van der Waals surface area contributed by atoms with Crippen molar-refractivity contribution in [3.05, 3.63) is 59.7 Å². The zero-order valence-corrected chi connectivity index (χ0v) is 12.4. The average molecular weight is 301 g/mol. The van der Waals surface area contributed by atoms with E-state index in [-0.39, 0.29) is 5.41 Å². The van der Waals surface area contributed by atoms with Crippen LogP contribution in [0.5, 0.6) is 0 Å². The van der Waals surface area contributed by atoms with E-state index in [0.29, 0.717) is 4.83 Å². The molecule has 0 radical (unpaired) electrons. The van der Waals surface area contributed by atoms with Gasteiger partial charge in [-0.1, -0.05) is 78.3 Å². The minimum Gasteiger partial charge on any atom is -0.0893 e. The summed E-state index contributed by atoms with van der Waals surface area (Å²) in [5.74, 6) is 0. The molecule has 1 aliphatic rings. The molecule has 0 aromatic heterocycles. The van der Waals surface area contributed by atoms with E-state index in [2.05, 4.69) is 78.3 Å². The lowest BCUT2D eigenvalue weighted by Crippen LogP contribution is -2.23. The highest BCUT2D eigenvalue weighted by Gasteiger charge is 2.39. The fourth-order valence-corrected chi connectivity index (χ4v) is 3.97. The number of fused-ring (bicyclic) bond motifs is 3. The number of rotatable bonds is 2. The van der Waals surface area contributed by atoms with E-state index < -0.39 is 0 Å². The van der Waals surface area contributed by atoms with Crippen LogP contribution in [0.4, 0.5) is 0 Å². The summed E-state index contributed by atoms with van der Waals surface area (Å²) in [4.78, 5) is 0.515. The number of alkyl halides is 1. The quantitative estimate of drug-likeness (QED) is 0.673. The van der Waals surface area contributed by atoms with Crippen molar-refractivity contribution in [1.29, 1.82) is 0 Å². The van der Waals surface area contributed by atoms with Gasteiger partial charge in [0.05, 0.1) is 0 Å². The number of hydrogen-bond acceptors (Lipinski definition) is 0. The van der Waals surface area contributed by atoms with E-state index in [9.17, 15) is 0 Å². The van der Waals surface area contributed by atoms with Crippen LogP contribution in [-0.2, 0) is 5.41 Å².